The first-order valence-corrected chi connectivity index (χ1v) is 14.7. The summed E-state index contributed by atoms with van der Waals surface area (Å²) in [4.78, 5) is 28.8. The third-order valence-electron chi connectivity index (χ3n) is 6.07. The van der Waals surface area contributed by atoms with Gasteiger partial charge in [0.05, 0.1) is 11.9 Å². The second kappa shape index (κ2) is 13.1. The van der Waals surface area contributed by atoms with Gasteiger partial charge in [-0.05, 0) is 67.8 Å². The summed E-state index contributed by atoms with van der Waals surface area (Å²) >= 11 is 6.07. The third-order valence-corrected chi connectivity index (χ3v) is 7.44. The summed E-state index contributed by atoms with van der Waals surface area (Å²) in [5, 5.41) is 3.32. The Morgan fingerprint density at radius 2 is 1.62 bits per heavy atom. The van der Waals surface area contributed by atoms with Crippen LogP contribution in [0.1, 0.15) is 30.5 Å². The number of rotatable bonds is 11. The molecule has 0 aromatic heterocycles. The van der Waals surface area contributed by atoms with E-state index in [1.807, 2.05) is 44.2 Å². The van der Waals surface area contributed by atoms with Crippen LogP contribution in [0.2, 0.25) is 5.02 Å². The molecule has 3 aromatic rings. The average molecular weight is 574 g/mol. The van der Waals surface area contributed by atoms with E-state index < -0.39 is 34.3 Å². The van der Waals surface area contributed by atoms with E-state index in [0.717, 1.165) is 16.1 Å². The lowest BCUT2D eigenvalue weighted by Crippen LogP contribution is -2.54. The summed E-state index contributed by atoms with van der Waals surface area (Å²) in [6.45, 7) is 4.77. The van der Waals surface area contributed by atoms with Gasteiger partial charge in [0, 0.05) is 24.0 Å². The molecule has 1 unspecified atom stereocenters. The quantitative estimate of drug-likeness (QED) is 0.360. The summed E-state index contributed by atoms with van der Waals surface area (Å²) in [5.74, 6) is -1.40. The van der Waals surface area contributed by atoms with Crippen molar-refractivity contribution in [2.75, 3.05) is 17.1 Å². The number of anilines is 1. The Hall–Kier alpha value is -3.43. The smallest absolute Gasteiger partial charge is 0.244 e. The van der Waals surface area contributed by atoms with Crippen molar-refractivity contribution < 1.29 is 22.4 Å². The number of sulfonamides is 1. The first-order valence-electron chi connectivity index (χ1n) is 12.5. The zero-order valence-corrected chi connectivity index (χ0v) is 24.0. The van der Waals surface area contributed by atoms with Gasteiger partial charge in [-0.25, -0.2) is 12.8 Å². The Kier molecular flexibility index (Phi) is 10.1. The molecule has 0 heterocycles. The Morgan fingerprint density at radius 3 is 2.18 bits per heavy atom. The SMILES string of the molecule is Cc1cc(Cl)ccc1N(CC(=O)N(Cc1ccc(F)cc1)C(Cc1ccccc1)C(=O)NC(C)C)S(C)(=O)=O. The van der Waals surface area contributed by atoms with Crippen LogP contribution in [-0.2, 0) is 32.6 Å². The molecule has 3 aromatic carbocycles. The molecule has 0 aliphatic heterocycles. The van der Waals surface area contributed by atoms with E-state index in [-0.39, 0.29) is 24.9 Å². The van der Waals surface area contributed by atoms with E-state index >= 15 is 0 Å². The monoisotopic (exact) mass is 573 g/mol. The molecule has 39 heavy (non-hydrogen) atoms. The number of nitrogens with zero attached hydrogens (tertiary/aromatic N) is 2. The number of hydrogen-bond acceptors (Lipinski definition) is 4. The number of carbonyl (C=O) groups excluding carboxylic acids is 2. The molecule has 0 bridgehead atoms. The van der Waals surface area contributed by atoms with Gasteiger partial charge in [-0.3, -0.25) is 13.9 Å². The van der Waals surface area contributed by atoms with Crippen molar-refractivity contribution >= 4 is 39.1 Å². The first-order chi connectivity index (χ1) is 18.3. The average Bonchev–Trinajstić information content (AvgIpc) is 2.85. The maximum Gasteiger partial charge on any atom is 0.244 e. The fraction of sp³-hybridized carbons (Fsp3) is 0.310. The second-order valence-electron chi connectivity index (χ2n) is 9.72. The van der Waals surface area contributed by atoms with Gasteiger partial charge in [-0.2, -0.15) is 0 Å². The van der Waals surface area contributed by atoms with E-state index in [1.54, 1.807) is 25.1 Å². The van der Waals surface area contributed by atoms with Crippen LogP contribution in [-0.4, -0.2) is 50.0 Å². The molecule has 10 heteroatoms. The van der Waals surface area contributed by atoms with E-state index in [2.05, 4.69) is 5.32 Å². The minimum Gasteiger partial charge on any atom is -0.352 e. The van der Waals surface area contributed by atoms with Crippen LogP contribution in [0.25, 0.3) is 0 Å². The van der Waals surface area contributed by atoms with E-state index in [9.17, 15) is 22.4 Å². The maximum atomic E-state index is 14.0. The third kappa shape index (κ3) is 8.53. The van der Waals surface area contributed by atoms with E-state index in [1.165, 1.54) is 29.2 Å². The predicted octanol–water partition coefficient (Wildman–Crippen LogP) is 4.72. The number of benzene rings is 3. The molecule has 2 amide bonds. The van der Waals surface area contributed by atoms with Crippen LogP contribution < -0.4 is 9.62 Å². The van der Waals surface area contributed by atoms with Crippen LogP contribution in [0.15, 0.2) is 72.8 Å². The standard InChI is InChI=1S/C29H33ClFN3O4S/c1-20(2)32-29(36)27(17-22-8-6-5-7-9-22)33(18-23-10-13-25(31)14-11-23)28(35)19-34(39(4,37)38)26-15-12-24(30)16-21(26)3/h5-16,20,27H,17-19H2,1-4H3,(H,32,36). The Labute approximate surface area is 234 Å². The van der Waals surface area contributed by atoms with Crippen molar-refractivity contribution in [1.29, 1.82) is 0 Å². The minimum atomic E-state index is -3.89. The molecule has 3 rings (SSSR count). The van der Waals surface area contributed by atoms with Crippen LogP contribution in [0.4, 0.5) is 10.1 Å². The highest BCUT2D eigenvalue weighted by molar-refractivity contribution is 7.92. The fourth-order valence-corrected chi connectivity index (χ4v) is 5.35. The lowest BCUT2D eigenvalue weighted by atomic mass is 10.0. The molecule has 1 atom stereocenters. The molecular weight excluding hydrogens is 541 g/mol. The van der Waals surface area contributed by atoms with Crippen molar-refractivity contribution in [1.82, 2.24) is 10.2 Å². The molecule has 0 spiro atoms. The number of hydrogen-bond donors (Lipinski definition) is 1. The molecule has 0 aliphatic rings. The molecule has 208 valence electrons. The van der Waals surface area contributed by atoms with Gasteiger partial charge >= 0.3 is 0 Å². The molecule has 1 N–H and O–H groups in total. The summed E-state index contributed by atoms with van der Waals surface area (Å²) in [5.41, 5.74) is 2.30. The summed E-state index contributed by atoms with van der Waals surface area (Å²) < 4.78 is 40.4. The van der Waals surface area contributed by atoms with Crippen LogP contribution in [0.5, 0.6) is 0 Å². The van der Waals surface area contributed by atoms with Gasteiger partial charge in [0.1, 0.15) is 18.4 Å². The van der Waals surface area contributed by atoms with E-state index in [4.69, 9.17) is 11.6 Å². The highest BCUT2D eigenvalue weighted by Gasteiger charge is 2.33. The normalized spacial score (nSPS) is 12.2. The van der Waals surface area contributed by atoms with Crippen molar-refractivity contribution in [3.8, 4) is 0 Å². The molecule has 0 radical (unpaired) electrons. The number of halogens is 2. The molecule has 0 fully saturated rings. The Morgan fingerprint density at radius 1 is 0.974 bits per heavy atom. The zero-order chi connectivity index (χ0) is 28.7. The molecule has 0 saturated heterocycles. The van der Waals surface area contributed by atoms with Crippen LogP contribution in [0.3, 0.4) is 0 Å². The number of amides is 2. The van der Waals surface area contributed by atoms with E-state index in [0.29, 0.717) is 21.8 Å². The van der Waals surface area contributed by atoms with Gasteiger partial charge in [-0.15, -0.1) is 0 Å². The summed E-state index contributed by atoms with van der Waals surface area (Å²) in [6.07, 6.45) is 1.22. The number of carbonyl (C=O) groups is 2. The van der Waals surface area contributed by atoms with Gasteiger partial charge < -0.3 is 10.2 Å². The highest BCUT2D eigenvalue weighted by Crippen LogP contribution is 2.26. The molecule has 0 saturated carbocycles. The predicted molar refractivity (Wildman–Crippen MR) is 153 cm³/mol. The Bertz CT molecular complexity index is 1400. The molecule has 7 nitrogen and oxygen atoms in total. The summed E-state index contributed by atoms with van der Waals surface area (Å²) in [7, 11) is -3.89. The molecule has 0 aliphatic carbocycles. The van der Waals surface area contributed by atoms with Crippen LogP contribution in [0, 0.1) is 12.7 Å². The summed E-state index contributed by atoms with van der Waals surface area (Å²) in [6, 6.07) is 18.4. The first kappa shape index (κ1) is 30.1. The number of aryl methyl sites for hydroxylation is 1. The van der Waals surface area contributed by atoms with Gasteiger partial charge in [0.15, 0.2) is 0 Å². The highest BCUT2D eigenvalue weighted by atomic mass is 35.5. The maximum absolute atomic E-state index is 14.0. The van der Waals surface area contributed by atoms with Crippen molar-refractivity contribution in [3.63, 3.8) is 0 Å². The van der Waals surface area contributed by atoms with Crippen molar-refractivity contribution in [2.24, 2.45) is 0 Å². The number of nitrogens with one attached hydrogen (secondary N) is 1. The zero-order valence-electron chi connectivity index (χ0n) is 22.4. The van der Waals surface area contributed by atoms with Crippen LogP contribution >= 0.6 is 11.6 Å². The lowest BCUT2D eigenvalue weighted by molar-refractivity contribution is -0.140. The minimum absolute atomic E-state index is 0.0284. The van der Waals surface area contributed by atoms with Gasteiger partial charge in [-0.1, -0.05) is 54.1 Å². The van der Waals surface area contributed by atoms with Gasteiger partial charge in [0.2, 0.25) is 21.8 Å². The fourth-order valence-electron chi connectivity index (χ4n) is 4.21. The lowest BCUT2D eigenvalue weighted by Gasteiger charge is -2.34. The topological polar surface area (TPSA) is 86.8 Å². The Balaban J connectivity index is 2.07. The van der Waals surface area contributed by atoms with Crippen molar-refractivity contribution in [3.05, 3.63) is 100 Å². The van der Waals surface area contributed by atoms with Gasteiger partial charge in [0.25, 0.3) is 0 Å². The molecular formula is C29H33ClFN3O4S. The van der Waals surface area contributed by atoms with Crippen molar-refractivity contribution in [2.45, 2.75) is 45.8 Å². The largest absolute Gasteiger partial charge is 0.352 e. The second-order valence-corrected chi connectivity index (χ2v) is 12.1.